The zero-order chi connectivity index (χ0) is 26.7. The van der Waals surface area contributed by atoms with Gasteiger partial charge in [-0.3, -0.25) is 9.59 Å². The Morgan fingerprint density at radius 3 is 2.66 bits per heavy atom. The van der Waals surface area contributed by atoms with E-state index in [4.69, 9.17) is 0 Å². The van der Waals surface area contributed by atoms with Crippen molar-refractivity contribution in [1.29, 1.82) is 0 Å². The number of pyridine rings is 1. The highest BCUT2D eigenvalue weighted by molar-refractivity contribution is 7.14. The number of aromatic nitrogens is 4. The first-order valence-corrected chi connectivity index (χ1v) is 13.3. The van der Waals surface area contributed by atoms with E-state index in [9.17, 15) is 14.7 Å². The predicted molar refractivity (Wildman–Crippen MR) is 146 cm³/mol. The molecule has 3 N–H and O–H groups in total. The van der Waals surface area contributed by atoms with Gasteiger partial charge in [0.05, 0.1) is 30.2 Å². The number of rotatable bonds is 7. The molecule has 1 aliphatic rings. The Labute approximate surface area is 224 Å². The highest BCUT2D eigenvalue weighted by Crippen LogP contribution is 2.37. The van der Waals surface area contributed by atoms with Gasteiger partial charge < -0.3 is 15.7 Å². The van der Waals surface area contributed by atoms with E-state index in [0.717, 1.165) is 41.8 Å². The van der Waals surface area contributed by atoms with E-state index in [1.165, 1.54) is 17.7 Å². The smallest absolute Gasteiger partial charge is 0.251 e. The second-order valence-electron chi connectivity index (χ2n) is 9.67. The quantitative estimate of drug-likeness (QED) is 0.331. The van der Waals surface area contributed by atoms with Crippen LogP contribution in [-0.4, -0.2) is 50.0 Å². The maximum absolute atomic E-state index is 12.8. The standard InChI is InChI=1S/C28H28N6O3S/c1-17-11-23(31-16-30-17)21-6-3-7-22(32-21)24-14-38-27(33-24)34-25(36)13-29-26(37)19-9-8-18-5-4-10-28(2,15-35)20(18)12-19/h3,6-9,11-12,14,16,35H,4-5,10,13,15H2,1-2H3,(H,29,37)(H,33,34,36)/t28-/m1/s1. The largest absolute Gasteiger partial charge is 0.395 e. The van der Waals surface area contributed by atoms with Crippen LogP contribution in [0.2, 0.25) is 0 Å². The van der Waals surface area contributed by atoms with Gasteiger partial charge in [0.15, 0.2) is 5.13 Å². The van der Waals surface area contributed by atoms with E-state index >= 15 is 0 Å². The molecule has 1 aromatic carbocycles. The molecule has 10 heteroatoms. The van der Waals surface area contributed by atoms with Crippen LogP contribution in [-0.2, 0) is 16.6 Å². The fraction of sp³-hybridized carbons (Fsp3) is 0.286. The van der Waals surface area contributed by atoms with Crippen LogP contribution in [0.1, 0.15) is 46.9 Å². The fourth-order valence-electron chi connectivity index (χ4n) is 4.65. The molecule has 0 fully saturated rings. The maximum atomic E-state index is 12.8. The van der Waals surface area contributed by atoms with Crippen LogP contribution in [0.5, 0.6) is 0 Å². The molecule has 3 aromatic heterocycles. The average Bonchev–Trinajstić information content (AvgIpc) is 3.40. The molecule has 4 aromatic rings. The van der Waals surface area contributed by atoms with Gasteiger partial charge in [-0.1, -0.05) is 19.1 Å². The summed E-state index contributed by atoms with van der Waals surface area (Å²) in [4.78, 5) is 42.8. The Morgan fingerprint density at radius 2 is 1.87 bits per heavy atom. The summed E-state index contributed by atoms with van der Waals surface area (Å²) < 4.78 is 0. The molecule has 1 atom stereocenters. The van der Waals surface area contributed by atoms with Crippen LogP contribution in [0.4, 0.5) is 5.13 Å². The third-order valence-corrected chi connectivity index (χ3v) is 7.54. The number of thiazole rings is 1. The van der Waals surface area contributed by atoms with Gasteiger partial charge in [-0.25, -0.2) is 19.9 Å². The minimum absolute atomic E-state index is 0.0311. The summed E-state index contributed by atoms with van der Waals surface area (Å²) in [5.74, 6) is -0.717. The Kier molecular flexibility index (Phi) is 7.26. The molecule has 3 heterocycles. The first kappa shape index (κ1) is 25.6. The Morgan fingerprint density at radius 1 is 1.05 bits per heavy atom. The van der Waals surface area contributed by atoms with Gasteiger partial charge in [0.25, 0.3) is 5.91 Å². The molecule has 0 saturated heterocycles. The summed E-state index contributed by atoms with van der Waals surface area (Å²) in [6.07, 6.45) is 4.33. The van der Waals surface area contributed by atoms with Crippen LogP contribution < -0.4 is 10.6 Å². The molecular formula is C28H28N6O3S. The predicted octanol–water partition coefficient (Wildman–Crippen LogP) is 3.93. The zero-order valence-corrected chi connectivity index (χ0v) is 22.0. The molecule has 1 aliphatic carbocycles. The van der Waals surface area contributed by atoms with E-state index < -0.39 is 0 Å². The van der Waals surface area contributed by atoms with Crippen molar-refractivity contribution >= 4 is 28.3 Å². The van der Waals surface area contributed by atoms with E-state index in [0.29, 0.717) is 27.8 Å². The number of aliphatic hydroxyl groups is 1. The van der Waals surface area contributed by atoms with Crippen molar-refractivity contribution in [2.24, 2.45) is 0 Å². The van der Waals surface area contributed by atoms with Crippen molar-refractivity contribution in [3.63, 3.8) is 0 Å². The van der Waals surface area contributed by atoms with Crippen LogP contribution in [0.25, 0.3) is 22.8 Å². The maximum Gasteiger partial charge on any atom is 0.251 e. The normalized spacial score (nSPS) is 16.5. The number of aryl methyl sites for hydroxylation is 2. The molecule has 0 saturated carbocycles. The molecule has 0 radical (unpaired) electrons. The van der Waals surface area contributed by atoms with Gasteiger partial charge >= 0.3 is 0 Å². The minimum atomic E-state index is -0.379. The second kappa shape index (κ2) is 10.8. The van der Waals surface area contributed by atoms with Gasteiger partial charge in [-0.2, -0.15) is 0 Å². The average molecular weight is 529 g/mol. The fourth-order valence-corrected chi connectivity index (χ4v) is 5.38. The van der Waals surface area contributed by atoms with Crippen molar-refractivity contribution in [1.82, 2.24) is 25.3 Å². The second-order valence-corrected chi connectivity index (χ2v) is 10.5. The van der Waals surface area contributed by atoms with Crippen molar-refractivity contribution in [2.75, 3.05) is 18.5 Å². The van der Waals surface area contributed by atoms with Crippen molar-refractivity contribution < 1.29 is 14.7 Å². The first-order chi connectivity index (χ1) is 18.3. The summed E-state index contributed by atoms with van der Waals surface area (Å²) >= 11 is 1.28. The van der Waals surface area contributed by atoms with E-state index in [2.05, 4.69) is 30.6 Å². The number of carbonyl (C=O) groups excluding carboxylic acids is 2. The van der Waals surface area contributed by atoms with Gasteiger partial charge in [-0.05, 0) is 67.6 Å². The summed E-state index contributed by atoms with van der Waals surface area (Å²) in [6, 6.07) is 13.0. The van der Waals surface area contributed by atoms with Crippen molar-refractivity contribution in [3.8, 4) is 22.8 Å². The zero-order valence-electron chi connectivity index (χ0n) is 21.2. The summed E-state index contributed by atoms with van der Waals surface area (Å²) in [5, 5.41) is 17.6. The topological polar surface area (TPSA) is 130 Å². The molecular weight excluding hydrogens is 500 g/mol. The van der Waals surface area contributed by atoms with Crippen LogP contribution >= 0.6 is 11.3 Å². The number of anilines is 1. The number of amides is 2. The molecule has 2 amide bonds. The lowest BCUT2D eigenvalue weighted by Crippen LogP contribution is -2.34. The number of hydrogen-bond donors (Lipinski definition) is 3. The van der Waals surface area contributed by atoms with Gasteiger partial charge in [0, 0.05) is 22.1 Å². The van der Waals surface area contributed by atoms with Gasteiger partial charge in [-0.15, -0.1) is 11.3 Å². The number of aliphatic hydroxyl groups excluding tert-OH is 1. The third kappa shape index (κ3) is 5.46. The number of nitrogens with one attached hydrogen (secondary N) is 2. The van der Waals surface area contributed by atoms with E-state index in [1.807, 2.05) is 55.6 Å². The lowest BCUT2D eigenvalue weighted by molar-refractivity contribution is -0.115. The van der Waals surface area contributed by atoms with E-state index in [-0.39, 0.29) is 30.4 Å². The van der Waals surface area contributed by atoms with Crippen LogP contribution in [0.3, 0.4) is 0 Å². The molecule has 194 valence electrons. The van der Waals surface area contributed by atoms with Gasteiger partial charge in [0.1, 0.15) is 12.0 Å². The van der Waals surface area contributed by atoms with Crippen LogP contribution in [0.15, 0.2) is 54.2 Å². The number of nitrogens with zero attached hydrogens (tertiary/aromatic N) is 4. The molecule has 0 unspecified atom stereocenters. The Balaban J connectivity index is 1.21. The lowest BCUT2D eigenvalue weighted by atomic mass is 9.71. The molecule has 0 bridgehead atoms. The number of carbonyl (C=O) groups is 2. The Bertz CT molecular complexity index is 1500. The molecule has 0 aliphatic heterocycles. The van der Waals surface area contributed by atoms with E-state index in [1.54, 1.807) is 6.07 Å². The van der Waals surface area contributed by atoms with Crippen molar-refractivity contribution in [3.05, 3.63) is 76.6 Å². The lowest BCUT2D eigenvalue weighted by Gasteiger charge is -2.34. The SMILES string of the molecule is Cc1cc(-c2cccc(-c3csc(NC(=O)CNC(=O)c4ccc5c(c4)[C@@](C)(CO)CCC5)n3)n2)ncn1. The first-order valence-electron chi connectivity index (χ1n) is 12.4. The Hall–Kier alpha value is -4.02. The molecule has 9 nitrogen and oxygen atoms in total. The summed E-state index contributed by atoms with van der Waals surface area (Å²) in [5.41, 5.74) is 5.85. The summed E-state index contributed by atoms with van der Waals surface area (Å²) in [7, 11) is 0. The van der Waals surface area contributed by atoms with Crippen LogP contribution in [0, 0.1) is 6.92 Å². The molecule has 38 heavy (non-hydrogen) atoms. The highest BCUT2D eigenvalue weighted by Gasteiger charge is 2.32. The third-order valence-electron chi connectivity index (χ3n) is 6.78. The number of benzene rings is 1. The number of fused-ring (bicyclic) bond motifs is 1. The van der Waals surface area contributed by atoms with Gasteiger partial charge in [0.2, 0.25) is 5.91 Å². The molecule has 5 rings (SSSR count). The molecule has 0 spiro atoms. The minimum Gasteiger partial charge on any atom is -0.395 e. The monoisotopic (exact) mass is 528 g/mol. The highest BCUT2D eigenvalue weighted by atomic mass is 32.1. The van der Waals surface area contributed by atoms with Crippen molar-refractivity contribution in [2.45, 2.75) is 38.5 Å². The summed E-state index contributed by atoms with van der Waals surface area (Å²) in [6.45, 7) is 3.75. The number of hydrogen-bond acceptors (Lipinski definition) is 8.